The van der Waals surface area contributed by atoms with Crippen molar-refractivity contribution in [2.45, 2.75) is 40.2 Å². The molecule has 0 unspecified atom stereocenters. The molecule has 5 nitrogen and oxygen atoms in total. The summed E-state index contributed by atoms with van der Waals surface area (Å²) in [5.41, 5.74) is -0.191. The van der Waals surface area contributed by atoms with Crippen LogP contribution in [0.3, 0.4) is 0 Å². The van der Waals surface area contributed by atoms with Gasteiger partial charge in [-0.3, -0.25) is 4.79 Å². The minimum absolute atomic E-state index is 0.0525. The Kier molecular flexibility index (Phi) is 5.88. The normalized spacial score (nSPS) is 13.0. The molecule has 2 N–H and O–H groups in total. The SMILES string of the molecule is CCOC(C)(C)CNC(=O)C(C)=C(C)C(=O)O. The van der Waals surface area contributed by atoms with E-state index in [2.05, 4.69) is 5.32 Å². The highest BCUT2D eigenvalue weighted by Crippen LogP contribution is 2.08. The lowest BCUT2D eigenvalue weighted by Crippen LogP contribution is -2.41. The van der Waals surface area contributed by atoms with Gasteiger partial charge in [0, 0.05) is 24.3 Å². The highest BCUT2D eigenvalue weighted by Gasteiger charge is 2.20. The van der Waals surface area contributed by atoms with Gasteiger partial charge in [-0.1, -0.05) is 0 Å². The van der Waals surface area contributed by atoms with Gasteiger partial charge < -0.3 is 15.2 Å². The molecule has 0 aromatic carbocycles. The summed E-state index contributed by atoms with van der Waals surface area (Å²) >= 11 is 0. The molecule has 0 saturated carbocycles. The van der Waals surface area contributed by atoms with Crippen LogP contribution in [0.2, 0.25) is 0 Å². The molecule has 0 aromatic heterocycles. The second-order valence-electron chi connectivity index (χ2n) is 4.43. The zero-order valence-corrected chi connectivity index (χ0v) is 11.1. The van der Waals surface area contributed by atoms with Gasteiger partial charge in [-0.25, -0.2) is 4.79 Å². The fourth-order valence-electron chi connectivity index (χ4n) is 1.20. The Labute approximate surface area is 102 Å². The molecule has 0 radical (unpaired) electrons. The smallest absolute Gasteiger partial charge is 0.331 e. The third-order valence-corrected chi connectivity index (χ3v) is 2.43. The van der Waals surface area contributed by atoms with E-state index in [9.17, 15) is 9.59 Å². The minimum Gasteiger partial charge on any atom is -0.478 e. The molecule has 17 heavy (non-hydrogen) atoms. The van der Waals surface area contributed by atoms with E-state index in [4.69, 9.17) is 9.84 Å². The van der Waals surface area contributed by atoms with E-state index in [-0.39, 0.29) is 17.1 Å². The first-order valence-electron chi connectivity index (χ1n) is 5.54. The molecular formula is C12H21NO4. The molecule has 0 aliphatic carbocycles. The van der Waals surface area contributed by atoms with Crippen LogP contribution in [0.25, 0.3) is 0 Å². The molecule has 1 amide bonds. The van der Waals surface area contributed by atoms with E-state index in [1.54, 1.807) is 0 Å². The number of hydrogen-bond donors (Lipinski definition) is 2. The van der Waals surface area contributed by atoms with Gasteiger partial charge in [0.25, 0.3) is 0 Å². The number of carbonyl (C=O) groups excluding carboxylic acids is 1. The van der Waals surface area contributed by atoms with Gasteiger partial charge in [0.2, 0.25) is 5.91 Å². The number of nitrogens with one attached hydrogen (secondary N) is 1. The zero-order chi connectivity index (χ0) is 13.6. The summed E-state index contributed by atoms with van der Waals surface area (Å²) < 4.78 is 5.42. The second-order valence-corrected chi connectivity index (χ2v) is 4.43. The monoisotopic (exact) mass is 243 g/mol. The third-order valence-electron chi connectivity index (χ3n) is 2.43. The summed E-state index contributed by atoms with van der Waals surface area (Å²) in [4.78, 5) is 22.3. The highest BCUT2D eigenvalue weighted by molar-refractivity contribution is 6.01. The van der Waals surface area contributed by atoms with Crippen LogP contribution in [0.4, 0.5) is 0 Å². The molecule has 0 bridgehead atoms. The van der Waals surface area contributed by atoms with Crippen molar-refractivity contribution in [3.8, 4) is 0 Å². The van der Waals surface area contributed by atoms with Crippen molar-refractivity contribution < 1.29 is 19.4 Å². The van der Waals surface area contributed by atoms with Crippen LogP contribution in [0.1, 0.15) is 34.6 Å². The van der Waals surface area contributed by atoms with E-state index >= 15 is 0 Å². The molecule has 0 fully saturated rings. The number of ether oxygens (including phenoxy) is 1. The van der Waals surface area contributed by atoms with E-state index in [1.807, 2.05) is 20.8 Å². The van der Waals surface area contributed by atoms with Gasteiger partial charge in [-0.2, -0.15) is 0 Å². The Bertz CT molecular complexity index is 331. The van der Waals surface area contributed by atoms with Gasteiger partial charge in [0.15, 0.2) is 0 Å². The summed E-state index contributed by atoms with van der Waals surface area (Å²) in [6.45, 7) is 9.40. The average molecular weight is 243 g/mol. The van der Waals surface area contributed by atoms with Crippen molar-refractivity contribution in [1.82, 2.24) is 5.32 Å². The van der Waals surface area contributed by atoms with Crippen molar-refractivity contribution in [1.29, 1.82) is 0 Å². The number of carboxylic acids is 1. The number of rotatable bonds is 6. The molecule has 0 atom stereocenters. The van der Waals surface area contributed by atoms with Crippen LogP contribution in [0, 0.1) is 0 Å². The van der Waals surface area contributed by atoms with Crippen molar-refractivity contribution >= 4 is 11.9 Å². The largest absolute Gasteiger partial charge is 0.478 e. The minimum atomic E-state index is -1.08. The predicted octanol–water partition coefficient (Wildman–Crippen LogP) is 1.34. The van der Waals surface area contributed by atoms with E-state index in [0.717, 1.165) is 0 Å². The Balaban J connectivity index is 4.48. The maximum Gasteiger partial charge on any atom is 0.331 e. The van der Waals surface area contributed by atoms with Gasteiger partial charge >= 0.3 is 5.97 Å². The molecule has 0 heterocycles. The Morgan fingerprint density at radius 1 is 1.24 bits per heavy atom. The standard InChI is InChI=1S/C12H21NO4/c1-6-17-12(4,5)7-13-10(14)8(2)9(3)11(15)16/h6-7H2,1-5H3,(H,13,14)(H,15,16). The average Bonchev–Trinajstić information content (AvgIpc) is 2.23. The highest BCUT2D eigenvalue weighted by atomic mass is 16.5. The van der Waals surface area contributed by atoms with E-state index in [0.29, 0.717) is 13.2 Å². The molecule has 98 valence electrons. The lowest BCUT2D eigenvalue weighted by Gasteiger charge is -2.25. The second kappa shape index (κ2) is 6.39. The summed E-state index contributed by atoms with van der Waals surface area (Å²) in [5, 5.41) is 11.4. The predicted molar refractivity (Wildman–Crippen MR) is 64.7 cm³/mol. The Hall–Kier alpha value is -1.36. The van der Waals surface area contributed by atoms with Crippen LogP contribution in [0.15, 0.2) is 11.1 Å². The number of carboxylic acid groups (broad SMARTS) is 1. The Morgan fingerprint density at radius 2 is 1.76 bits per heavy atom. The van der Waals surface area contributed by atoms with Gasteiger partial charge in [0.05, 0.1) is 5.60 Å². The van der Waals surface area contributed by atoms with Crippen LogP contribution in [-0.2, 0) is 14.3 Å². The molecule has 0 aromatic rings. The molecule has 0 rings (SSSR count). The maximum absolute atomic E-state index is 11.7. The summed E-state index contributed by atoms with van der Waals surface area (Å²) in [6.07, 6.45) is 0. The number of hydrogen-bond acceptors (Lipinski definition) is 3. The van der Waals surface area contributed by atoms with Crippen LogP contribution >= 0.6 is 0 Å². The van der Waals surface area contributed by atoms with E-state index in [1.165, 1.54) is 13.8 Å². The first-order valence-corrected chi connectivity index (χ1v) is 5.54. The zero-order valence-electron chi connectivity index (χ0n) is 11.1. The summed E-state index contributed by atoms with van der Waals surface area (Å²) in [5.74, 6) is -1.46. The lowest BCUT2D eigenvalue weighted by molar-refractivity contribution is -0.133. The quantitative estimate of drug-likeness (QED) is 0.690. The van der Waals surface area contributed by atoms with Crippen LogP contribution in [0.5, 0.6) is 0 Å². The Morgan fingerprint density at radius 3 is 2.18 bits per heavy atom. The maximum atomic E-state index is 11.7. The number of amides is 1. The van der Waals surface area contributed by atoms with Gasteiger partial charge in [-0.05, 0) is 34.6 Å². The fraction of sp³-hybridized carbons (Fsp3) is 0.667. The van der Waals surface area contributed by atoms with E-state index < -0.39 is 11.6 Å². The molecular weight excluding hydrogens is 222 g/mol. The van der Waals surface area contributed by atoms with Crippen molar-refractivity contribution in [2.24, 2.45) is 0 Å². The molecule has 0 aliphatic rings. The van der Waals surface area contributed by atoms with Crippen molar-refractivity contribution in [2.75, 3.05) is 13.2 Å². The number of carbonyl (C=O) groups is 2. The summed E-state index contributed by atoms with van der Waals surface area (Å²) in [7, 11) is 0. The van der Waals surface area contributed by atoms with Gasteiger partial charge in [0.1, 0.15) is 0 Å². The topological polar surface area (TPSA) is 75.6 Å². The number of aliphatic carboxylic acids is 1. The van der Waals surface area contributed by atoms with Crippen LogP contribution < -0.4 is 5.32 Å². The van der Waals surface area contributed by atoms with Gasteiger partial charge in [-0.15, -0.1) is 0 Å². The fourth-order valence-corrected chi connectivity index (χ4v) is 1.20. The lowest BCUT2D eigenvalue weighted by atomic mass is 10.1. The molecule has 0 spiro atoms. The molecule has 5 heteroatoms. The molecule has 0 aliphatic heterocycles. The van der Waals surface area contributed by atoms with Crippen molar-refractivity contribution in [3.05, 3.63) is 11.1 Å². The summed E-state index contributed by atoms with van der Waals surface area (Å²) in [6, 6.07) is 0. The molecule has 0 saturated heterocycles. The first-order chi connectivity index (χ1) is 7.71. The third kappa shape index (κ3) is 5.49. The first kappa shape index (κ1) is 15.6. The van der Waals surface area contributed by atoms with Crippen molar-refractivity contribution in [3.63, 3.8) is 0 Å². The van der Waals surface area contributed by atoms with Crippen LogP contribution in [-0.4, -0.2) is 35.7 Å².